The number of benzene rings is 1. The van der Waals surface area contributed by atoms with E-state index in [2.05, 4.69) is 27.9 Å². The van der Waals surface area contributed by atoms with E-state index in [1.807, 2.05) is 0 Å². The molecule has 6 heteroatoms. The SMILES string of the molecule is CC(=O)NC(CC(=O)c1ccc(I)cc1)C(=O)O. The van der Waals surface area contributed by atoms with Crippen LogP contribution in [-0.4, -0.2) is 28.8 Å². The van der Waals surface area contributed by atoms with Gasteiger partial charge in [-0.3, -0.25) is 9.59 Å². The van der Waals surface area contributed by atoms with Crippen molar-refractivity contribution in [2.75, 3.05) is 0 Å². The minimum atomic E-state index is -1.22. The minimum absolute atomic E-state index is 0.254. The molecule has 1 aromatic rings. The van der Waals surface area contributed by atoms with Gasteiger partial charge in [0.15, 0.2) is 5.78 Å². The molecule has 1 rings (SSSR count). The molecule has 0 aliphatic carbocycles. The Morgan fingerprint density at radius 2 is 1.83 bits per heavy atom. The van der Waals surface area contributed by atoms with Gasteiger partial charge in [0.2, 0.25) is 5.91 Å². The van der Waals surface area contributed by atoms with Crippen LogP contribution in [0.3, 0.4) is 0 Å². The average Bonchev–Trinajstić information content (AvgIpc) is 2.28. The fourth-order valence-electron chi connectivity index (χ4n) is 1.38. The topological polar surface area (TPSA) is 83.5 Å². The zero-order valence-corrected chi connectivity index (χ0v) is 11.8. The zero-order chi connectivity index (χ0) is 13.7. The molecule has 0 aliphatic heterocycles. The molecule has 0 saturated heterocycles. The van der Waals surface area contributed by atoms with E-state index in [1.165, 1.54) is 6.92 Å². The summed E-state index contributed by atoms with van der Waals surface area (Å²) in [5, 5.41) is 11.1. The molecular weight excluding hydrogens is 349 g/mol. The summed E-state index contributed by atoms with van der Waals surface area (Å²) in [6.07, 6.45) is -0.254. The molecule has 0 aliphatic rings. The number of carboxylic acids is 1. The van der Waals surface area contributed by atoms with Crippen molar-refractivity contribution in [2.24, 2.45) is 0 Å². The summed E-state index contributed by atoms with van der Waals surface area (Å²) in [7, 11) is 0. The molecule has 1 amide bonds. The lowest BCUT2D eigenvalue weighted by Gasteiger charge is -2.12. The predicted molar refractivity (Wildman–Crippen MR) is 73.3 cm³/mol. The fraction of sp³-hybridized carbons (Fsp3) is 0.250. The molecule has 2 N–H and O–H groups in total. The normalized spacial score (nSPS) is 11.7. The summed E-state index contributed by atoms with van der Waals surface area (Å²) >= 11 is 2.11. The number of amides is 1. The third-order valence-corrected chi connectivity index (χ3v) is 2.95. The predicted octanol–water partition coefficient (Wildman–Crippen LogP) is 1.45. The van der Waals surface area contributed by atoms with Crippen LogP contribution in [0, 0.1) is 3.57 Å². The van der Waals surface area contributed by atoms with E-state index >= 15 is 0 Å². The van der Waals surface area contributed by atoms with Crippen LogP contribution in [0.1, 0.15) is 23.7 Å². The summed E-state index contributed by atoms with van der Waals surface area (Å²) in [6, 6.07) is 5.62. The molecule has 1 atom stereocenters. The van der Waals surface area contributed by atoms with Crippen molar-refractivity contribution in [1.82, 2.24) is 5.32 Å². The van der Waals surface area contributed by atoms with E-state index in [0.717, 1.165) is 3.57 Å². The highest BCUT2D eigenvalue weighted by molar-refractivity contribution is 14.1. The third-order valence-electron chi connectivity index (χ3n) is 2.23. The fourth-order valence-corrected chi connectivity index (χ4v) is 1.74. The van der Waals surface area contributed by atoms with Gasteiger partial charge in [-0.2, -0.15) is 0 Å². The van der Waals surface area contributed by atoms with Crippen molar-refractivity contribution in [3.8, 4) is 0 Å². The van der Waals surface area contributed by atoms with E-state index in [4.69, 9.17) is 5.11 Å². The summed E-state index contributed by atoms with van der Waals surface area (Å²) in [5.41, 5.74) is 0.437. The van der Waals surface area contributed by atoms with Crippen molar-refractivity contribution in [3.63, 3.8) is 0 Å². The van der Waals surface area contributed by atoms with Gasteiger partial charge in [-0.25, -0.2) is 4.79 Å². The Hall–Kier alpha value is -1.44. The Morgan fingerprint density at radius 1 is 1.28 bits per heavy atom. The van der Waals surface area contributed by atoms with Crippen molar-refractivity contribution in [2.45, 2.75) is 19.4 Å². The summed E-state index contributed by atoms with van der Waals surface area (Å²) < 4.78 is 0.987. The highest BCUT2D eigenvalue weighted by Crippen LogP contribution is 2.10. The highest BCUT2D eigenvalue weighted by atomic mass is 127. The standard InChI is InChI=1S/C12H12INO4/c1-7(15)14-10(12(17)18)6-11(16)8-2-4-9(13)5-3-8/h2-5,10H,6H2,1H3,(H,14,15)(H,17,18). The van der Waals surface area contributed by atoms with Crippen molar-refractivity contribution in [3.05, 3.63) is 33.4 Å². The molecule has 0 saturated carbocycles. The Labute approximate surface area is 118 Å². The molecule has 0 aromatic heterocycles. The third kappa shape index (κ3) is 4.44. The van der Waals surface area contributed by atoms with E-state index in [1.54, 1.807) is 24.3 Å². The number of rotatable bonds is 5. The maximum absolute atomic E-state index is 11.8. The Morgan fingerprint density at radius 3 is 2.28 bits per heavy atom. The quantitative estimate of drug-likeness (QED) is 0.614. The molecule has 18 heavy (non-hydrogen) atoms. The van der Waals surface area contributed by atoms with E-state index in [9.17, 15) is 14.4 Å². The van der Waals surface area contributed by atoms with Gasteiger partial charge in [0.25, 0.3) is 0 Å². The van der Waals surface area contributed by atoms with Gasteiger partial charge in [-0.15, -0.1) is 0 Å². The maximum atomic E-state index is 11.8. The van der Waals surface area contributed by atoms with Gasteiger partial charge in [0.05, 0.1) is 0 Å². The van der Waals surface area contributed by atoms with Crippen LogP contribution in [0.2, 0.25) is 0 Å². The van der Waals surface area contributed by atoms with Gasteiger partial charge < -0.3 is 10.4 Å². The zero-order valence-electron chi connectivity index (χ0n) is 9.64. The van der Waals surface area contributed by atoms with Crippen LogP contribution in [0.5, 0.6) is 0 Å². The van der Waals surface area contributed by atoms with Crippen LogP contribution < -0.4 is 5.32 Å². The Balaban J connectivity index is 2.75. The summed E-state index contributed by atoms with van der Waals surface area (Å²) in [5.74, 6) is -2.01. The van der Waals surface area contributed by atoms with E-state index in [-0.39, 0.29) is 12.2 Å². The van der Waals surface area contributed by atoms with E-state index in [0.29, 0.717) is 5.56 Å². The molecule has 0 fully saturated rings. The van der Waals surface area contributed by atoms with Crippen LogP contribution in [0.4, 0.5) is 0 Å². The van der Waals surface area contributed by atoms with Gasteiger partial charge >= 0.3 is 5.97 Å². The largest absolute Gasteiger partial charge is 0.480 e. The lowest BCUT2D eigenvalue weighted by molar-refractivity contribution is -0.141. The molecule has 0 radical (unpaired) electrons. The molecule has 96 valence electrons. The first-order valence-corrected chi connectivity index (χ1v) is 6.26. The van der Waals surface area contributed by atoms with Crippen LogP contribution >= 0.6 is 22.6 Å². The van der Waals surface area contributed by atoms with Gasteiger partial charge in [0, 0.05) is 22.5 Å². The molecule has 0 spiro atoms. The number of Topliss-reactive ketones (excluding diaryl/α,β-unsaturated/α-hetero) is 1. The second-order valence-corrected chi connectivity index (χ2v) is 4.97. The summed E-state index contributed by atoms with van der Waals surface area (Å²) in [4.78, 5) is 33.6. The number of carbonyl (C=O) groups excluding carboxylic acids is 2. The lowest BCUT2D eigenvalue weighted by atomic mass is 10.0. The number of ketones is 1. The first kappa shape index (κ1) is 14.6. The second kappa shape index (κ2) is 6.48. The number of nitrogens with one attached hydrogen (secondary N) is 1. The van der Waals surface area contributed by atoms with Gasteiger partial charge in [-0.05, 0) is 34.7 Å². The molecule has 1 aromatic carbocycles. The van der Waals surface area contributed by atoms with Crippen LogP contribution in [0.25, 0.3) is 0 Å². The number of hydrogen-bond donors (Lipinski definition) is 2. The molecule has 0 bridgehead atoms. The molecular formula is C12H12INO4. The highest BCUT2D eigenvalue weighted by Gasteiger charge is 2.22. The smallest absolute Gasteiger partial charge is 0.326 e. The Kier molecular flexibility index (Phi) is 5.26. The number of halogens is 1. The van der Waals surface area contributed by atoms with E-state index < -0.39 is 17.9 Å². The number of hydrogen-bond acceptors (Lipinski definition) is 3. The molecule has 1 unspecified atom stereocenters. The maximum Gasteiger partial charge on any atom is 0.326 e. The molecule has 5 nitrogen and oxygen atoms in total. The van der Waals surface area contributed by atoms with Crippen LogP contribution in [0.15, 0.2) is 24.3 Å². The summed E-state index contributed by atoms with van der Waals surface area (Å²) in [6.45, 7) is 1.21. The van der Waals surface area contributed by atoms with Crippen molar-refractivity contribution in [1.29, 1.82) is 0 Å². The lowest BCUT2D eigenvalue weighted by Crippen LogP contribution is -2.41. The van der Waals surface area contributed by atoms with Gasteiger partial charge in [0.1, 0.15) is 6.04 Å². The number of carboxylic acid groups (broad SMARTS) is 1. The monoisotopic (exact) mass is 361 g/mol. The minimum Gasteiger partial charge on any atom is -0.480 e. The first-order chi connectivity index (χ1) is 8.40. The first-order valence-electron chi connectivity index (χ1n) is 5.19. The van der Waals surface area contributed by atoms with Crippen molar-refractivity contribution < 1.29 is 19.5 Å². The van der Waals surface area contributed by atoms with Gasteiger partial charge in [-0.1, -0.05) is 12.1 Å². The average molecular weight is 361 g/mol. The van der Waals surface area contributed by atoms with Crippen LogP contribution in [-0.2, 0) is 9.59 Å². The Bertz CT molecular complexity index is 469. The second-order valence-electron chi connectivity index (χ2n) is 3.73. The molecule has 0 heterocycles. The number of aliphatic carboxylic acids is 1. The van der Waals surface area contributed by atoms with Crippen molar-refractivity contribution >= 4 is 40.3 Å². The number of carbonyl (C=O) groups is 3.